The first-order valence-electron chi connectivity index (χ1n) is 3.54. The molecule has 0 aromatic heterocycles. The first kappa shape index (κ1) is 13.3. The van der Waals surface area contributed by atoms with Crippen molar-refractivity contribution < 1.29 is 0 Å². The third kappa shape index (κ3) is 23.4. The Bertz CT molecular complexity index is 128. The molecule has 0 fully saturated rings. The Hall–Kier alpha value is -1.32. The first-order valence-corrected chi connectivity index (χ1v) is 3.54. The summed E-state index contributed by atoms with van der Waals surface area (Å²) >= 11 is 0. The van der Waals surface area contributed by atoms with Crippen LogP contribution in [0.4, 0.5) is 0 Å². The zero-order chi connectivity index (χ0) is 9.66. The van der Waals surface area contributed by atoms with Gasteiger partial charge in [0.15, 0.2) is 0 Å². The summed E-state index contributed by atoms with van der Waals surface area (Å²) in [5, 5.41) is 0. The van der Waals surface area contributed by atoms with Crippen LogP contribution >= 0.6 is 0 Å². The minimum atomic E-state index is 1.50. The zero-order valence-electron chi connectivity index (χ0n) is 8.10. The van der Waals surface area contributed by atoms with Crippen LogP contribution in [-0.2, 0) is 0 Å². The van der Waals surface area contributed by atoms with Gasteiger partial charge in [-0.25, -0.2) is 0 Å². The molecule has 0 aromatic rings. The van der Waals surface area contributed by atoms with E-state index in [-0.39, 0.29) is 0 Å². The largest absolute Gasteiger partial charge is 0.295 e. The summed E-state index contributed by atoms with van der Waals surface area (Å²) in [7, 11) is 5.11. The lowest BCUT2D eigenvalue weighted by molar-refractivity contribution is 1.45. The number of aliphatic imine (C=N–C) groups is 4. The Labute approximate surface area is 73.9 Å². The highest BCUT2D eigenvalue weighted by Gasteiger charge is 1.50. The third-order valence-corrected chi connectivity index (χ3v) is 0.696. The maximum Gasteiger partial charge on any atom is 0.109 e. The molecular formula is C8H16N4. The third-order valence-electron chi connectivity index (χ3n) is 0.696. The summed E-state index contributed by atoms with van der Waals surface area (Å²) in [5.41, 5.74) is 0. The second-order valence-electron chi connectivity index (χ2n) is 1.60. The van der Waals surface area contributed by atoms with Crippen molar-refractivity contribution in [2.75, 3.05) is 21.1 Å². The highest BCUT2D eigenvalue weighted by Crippen LogP contribution is 1.53. The zero-order valence-corrected chi connectivity index (χ0v) is 8.10. The maximum absolute atomic E-state index is 3.67. The quantitative estimate of drug-likeness (QED) is 0.438. The van der Waals surface area contributed by atoms with Crippen molar-refractivity contribution in [2.24, 2.45) is 20.0 Å². The second kappa shape index (κ2) is 16.3. The number of rotatable bonds is 2. The number of nitrogens with zero attached hydrogens (tertiary/aromatic N) is 4. The molecular weight excluding hydrogens is 152 g/mol. The van der Waals surface area contributed by atoms with E-state index in [1.54, 1.807) is 39.8 Å². The van der Waals surface area contributed by atoms with E-state index in [0.717, 1.165) is 0 Å². The van der Waals surface area contributed by atoms with Gasteiger partial charge in [-0.2, -0.15) is 0 Å². The van der Waals surface area contributed by atoms with Gasteiger partial charge in [0, 0.05) is 39.8 Å². The van der Waals surface area contributed by atoms with Crippen LogP contribution in [0.1, 0.15) is 6.92 Å². The van der Waals surface area contributed by atoms with E-state index >= 15 is 0 Å². The lowest BCUT2D eigenvalue weighted by Gasteiger charge is -1.64. The van der Waals surface area contributed by atoms with Gasteiger partial charge in [0.2, 0.25) is 0 Å². The Balaban J connectivity index is 0. The molecule has 4 nitrogen and oxygen atoms in total. The van der Waals surface area contributed by atoms with E-state index in [2.05, 4.69) is 20.0 Å². The van der Waals surface area contributed by atoms with Gasteiger partial charge < -0.3 is 0 Å². The average Bonchev–Trinajstić information content (AvgIpc) is 2.12. The summed E-state index contributed by atoms with van der Waals surface area (Å²) in [4.78, 5) is 14.6. The molecule has 0 amide bonds. The van der Waals surface area contributed by atoms with Crippen molar-refractivity contribution in [3.8, 4) is 0 Å². The first-order chi connectivity index (χ1) is 5.83. The van der Waals surface area contributed by atoms with Crippen LogP contribution < -0.4 is 0 Å². The molecule has 0 rings (SSSR count). The highest BCUT2D eigenvalue weighted by atomic mass is 14.8. The summed E-state index contributed by atoms with van der Waals surface area (Å²) in [5.74, 6) is 0. The number of hydrogen-bond acceptors (Lipinski definition) is 3. The molecule has 0 atom stereocenters. The smallest absolute Gasteiger partial charge is 0.109 e. The van der Waals surface area contributed by atoms with E-state index in [9.17, 15) is 0 Å². The van der Waals surface area contributed by atoms with Gasteiger partial charge in [-0.3, -0.25) is 20.0 Å². The van der Waals surface area contributed by atoms with Gasteiger partial charge in [-0.15, -0.1) is 0 Å². The van der Waals surface area contributed by atoms with Gasteiger partial charge >= 0.3 is 0 Å². The predicted molar refractivity (Wildman–Crippen MR) is 57.4 cm³/mol. The summed E-state index contributed by atoms with van der Waals surface area (Å²) in [6, 6.07) is 0. The molecule has 0 unspecified atom stereocenters. The number of hydrogen-bond donors (Lipinski definition) is 0. The van der Waals surface area contributed by atoms with E-state index in [4.69, 9.17) is 0 Å². The molecule has 0 aliphatic heterocycles. The van der Waals surface area contributed by atoms with Crippen LogP contribution in [-0.4, -0.2) is 46.1 Å². The Morgan fingerprint density at radius 3 is 1.50 bits per heavy atom. The molecule has 12 heavy (non-hydrogen) atoms. The van der Waals surface area contributed by atoms with Crippen molar-refractivity contribution in [3.05, 3.63) is 0 Å². The molecule has 0 saturated carbocycles. The highest BCUT2D eigenvalue weighted by molar-refractivity contribution is 6.15. The minimum absolute atomic E-state index is 1.50. The topological polar surface area (TPSA) is 49.4 Å². The van der Waals surface area contributed by atoms with Crippen LogP contribution in [0.3, 0.4) is 0 Å². The molecule has 0 radical (unpaired) electrons. The van der Waals surface area contributed by atoms with E-state index in [0.29, 0.717) is 0 Å². The minimum Gasteiger partial charge on any atom is -0.295 e. The summed E-state index contributed by atoms with van der Waals surface area (Å²) in [6.45, 7) is 1.85. The lowest BCUT2D eigenvalue weighted by Crippen LogP contribution is -1.69. The molecule has 0 heterocycles. The molecule has 0 saturated heterocycles. The maximum atomic E-state index is 3.67. The van der Waals surface area contributed by atoms with Crippen LogP contribution in [0.5, 0.6) is 0 Å². The van der Waals surface area contributed by atoms with Crippen molar-refractivity contribution >= 4 is 25.0 Å². The fourth-order valence-electron chi connectivity index (χ4n) is 0.267. The normalized spacial score (nSPS) is 11.7. The fraction of sp³-hybridized carbons (Fsp3) is 0.500. The SMILES string of the molecule is CC=NC=NC.CN=CC=NC. The molecule has 0 bridgehead atoms. The van der Waals surface area contributed by atoms with Gasteiger partial charge in [-0.1, -0.05) is 0 Å². The lowest BCUT2D eigenvalue weighted by atomic mass is 10.8. The van der Waals surface area contributed by atoms with Gasteiger partial charge in [0.25, 0.3) is 0 Å². The van der Waals surface area contributed by atoms with Crippen molar-refractivity contribution in [1.29, 1.82) is 0 Å². The fourth-order valence-corrected chi connectivity index (χ4v) is 0.267. The van der Waals surface area contributed by atoms with Gasteiger partial charge in [0.1, 0.15) is 6.34 Å². The average molecular weight is 168 g/mol. The van der Waals surface area contributed by atoms with Gasteiger partial charge in [0.05, 0.1) is 0 Å². The predicted octanol–water partition coefficient (Wildman–Crippen LogP) is 1.12. The van der Waals surface area contributed by atoms with E-state index in [1.807, 2.05) is 6.92 Å². The van der Waals surface area contributed by atoms with Crippen molar-refractivity contribution in [1.82, 2.24) is 0 Å². The molecule has 0 aliphatic carbocycles. The van der Waals surface area contributed by atoms with Crippen molar-refractivity contribution in [3.63, 3.8) is 0 Å². The summed E-state index contributed by atoms with van der Waals surface area (Å²) in [6.07, 6.45) is 6.47. The van der Waals surface area contributed by atoms with Crippen LogP contribution in [0.25, 0.3) is 0 Å². The second-order valence-corrected chi connectivity index (χ2v) is 1.60. The Morgan fingerprint density at radius 2 is 1.33 bits per heavy atom. The molecule has 0 aliphatic rings. The molecule has 0 aromatic carbocycles. The van der Waals surface area contributed by atoms with Crippen molar-refractivity contribution in [2.45, 2.75) is 6.92 Å². The van der Waals surface area contributed by atoms with Gasteiger partial charge in [-0.05, 0) is 6.92 Å². The van der Waals surface area contributed by atoms with Crippen LogP contribution in [0.15, 0.2) is 20.0 Å². The monoisotopic (exact) mass is 168 g/mol. The van der Waals surface area contributed by atoms with Crippen LogP contribution in [0, 0.1) is 0 Å². The Morgan fingerprint density at radius 1 is 0.833 bits per heavy atom. The molecule has 0 N–H and O–H groups in total. The molecule has 68 valence electrons. The Kier molecular flexibility index (Phi) is 18.1. The molecule has 4 heteroatoms. The molecule has 0 spiro atoms. The standard InChI is InChI=1S/2C4H8N2/c1-5-3-4-6-2;1-3-6-4-5-2/h2*3-4H,1-2H3. The van der Waals surface area contributed by atoms with Crippen LogP contribution in [0.2, 0.25) is 0 Å². The summed E-state index contributed by atoms with van der Waals surface area (Å²) < 4.78 is 0. The van der Waals surface area contributed by atoms with E-state index in [1.165, 1.54) is 6.34 Å². The van der Waals surface area contributed by atoms with E-state index < -0.39 is 0 Å².